The van der Waals surface area contributed by atoms with Crippen molar-refractivity contribution in [2.75, 3.05) is 18.4 Å². The molecule has 1 N–H and O–H groups in total. The number of nitrogens with one attached hydrogen (secondary N) is 1. The number of hydrogen-bond acceptors (Lipinski definition) is 5. The van der Waals surface area contributed by atoms with E-state index in [9.17, 15) is 9.59 Å². The maximum absolute atomic E-state index is 12.7. The van der Waals surface area contributed by atoms with Crippen molar-refractivity contribution in [1.82, 2.24) is 19.4 Å². The van der Waals surface area contributed by atoms with E-state index in [2.05, 4.69) is 15.3 Å². The number of piperidine rings is 1. The molecule has 4 heterocycles. The predicted molar refractivity (Wildman–Crippen MR) is 102 cm³/mol. The molecule has 0 aromatic carbocycles. The van der Waals surface area contributed by atoms with E-state index in [1.165, 1.54) is 6.26 Å². The van der Waals surface area contributed by atoms with Crippen LogP contribution in [0.3, 0.4) is 0 Å². The fourth-order valence-corrected chi connectivity index (χ4v) is 3.40. The van der Waals surface area contributed by atoms with Gasteiger partial charge in [-0.25, -0.2) is 9.97 Å². The number of amides is 2. The summed E-state index contributed by atoms with van der Waals surface area (Å²) in [6.07, 6.45) is 8.17. The number of imidazole rings is 1. The molecule has 0 spiro atoms. The lowest BCUT2D eigenvalue weighted by Gasteiger charge is -2.31. The third-order valence-corrected chi connectivity index (χ3v) is 4.90. The molecule has 0 aliphatic carbocycles. The number of aryl methyl sites for hydroxylation is 1. The first-order valence-electron chi connectivity index (χ1n) is 9.22. The Morgan fingerprint density at radius 1 is 1.25 bits per heavy atom. The Labute approximate surface area is 162 Å². The normalized spacial score (nSPS) is 16.8. The fraction of sp³-hybridized carbons (Fsp3) is 0.300. The van der Waals surface area contributed by atoms with Crippen molar-refractivity contribution in [2.45, 2.75) is 19.8 Å². The van der Waals surface area contributed by atoms with Crippen molar-refractivity contribution in [3.8, 4) is 5.82 Å². The molecule has 28 heavy (non-hydrogen) atoms. The van der Waals surface area contributed by atoms with Crippen LogP contribution in [0, 0.1) is 12.8 Å². The number of hydrogen-bond donors (Lipinski definition) is 1. The zero-order chi connectivity index (χ0) is 19.5. The number of rotatable bonds is 4. The van der Waals surface area contributed by atoms with E-state index in [4.69, 9.17) is 4.42 Å². The quantitative estimate of drug-likeness (QED) is 0.752. The smallest absolute Gasteiger partial charge is 0.289 e. The topological polar surface area (TPSA) is 93.3 Å². The van der Waals surface area contributed by atoms with Gasteiger partial charge < -0.3 is 14.6 Å². The lowest BCUT2D eigenvalue weighted by molar-refractivity contribution is -0.121. The van der Waals surface area contributed by atoms with Gasteiger partial charge in [-0.2, -0.15) is 0 Å². The minimum absolute atomic E-state index is 0.106. The fourth-order valence-electron chi connectivity index (χ4n) is 3.40. The molecule has 1 saturated heterocycles. The van der Waals surface area contributed by atoms with Crippen LogP contribution in [0.1, 0.15) is 29.2 Å². The minimum atomic E-state index is -0.261. The van der Waals surface area contributed by atoms with Crippen LogP contribution in [0.5, 0.6) is 0 Å². The van der Waals surface area contributed by atoms with Crippen LogP contribution in [0.4, 0.5) is 5.69 Å². The molecule has 8 heteroatoms. The first-order valence-corrected chi connectivity index (χ1v) is 9.22. The summed E-state index contributed by atoms with van der Waals surface area (Å²) >= 11 is 0. The van der Waals surface area contributed by atoms with E-state index < -0.39 is 0 Å². The van der Waals surface area contributed by atoms with Crippen molar-refractivity contribution in [1.29, 1.82) is 0 Å². The SMILES string of the molecule is Cc1nccn1-c1ccc(NC(=O)[C@H]2CCCN(C(=O)c3ccco3)C2)cn1. The zero-order valence-corrected chi connectivity index (χ0v) is 15.5. The van der Waals surface area contributed by atoms with Crippen LogP contribution in [0.15, 0.2) is 53.5 Å². The Hall–Kier alpha value is -3.42. The average molecular weight is 379 g/mol. The van der Waals surface area contributed by atoms with E-state index in [0.717, 1.165) is 24.5 Å². The first kappa shape index (κ1) is 18.0. The number of aromatic nitrogens is 3. The van der Waals surface area contributed by atoms with Crippen molar-refractivity contribution < 1.29 is 14.0 Å². The van der Waals surface area contributed by atoms with Gasteiger partial charge in [0.1, 0.15) is 11.6 Å². The van der Waals surface area contributed by atoms with E-state index >= 15 is 0 Å². The summed E-state index contributed by atoms with van der Waals surface area (Å²) in [6, 6.07) is 6.97. The second-order valence-corrected chi connectivity index (χ2v) is 6.81. The summed E-state index contributed by atoms with van der Waals surface area (Å²) in [7, 11) is 0. The standard InChI is InChI=1S/C20H21N5O3/c1-14-21-8-10-25(14)18-7-6-16(12-22-18)23-19(26)15-4-2-9-24(13-15)20(27)17-5-3-11-28-17/h3,5-8,10-12,15H,2,4,9,13H2,1H3,(H,23,26)/t15-/m0/s1. The second-order valence-electron chi connectivity index (χ2n) is 6.81. The lowest BCUT2D eigenvalue weighted by Crippen LogP contribution is -2.43. The monoisotopic (exact) mass is 379 g/mol. The van der Waals surface area contributed by atoms with Crippen LogP contribution >= 0.6 is 0 Å². The molecule has 8 nitrogen and oxygen atoms in total. The molecule has 144 valence electrons. The molecule has 0 saturated carbocycles. The zero-order valence-electron chi connectivity index (χ0n) is 15.5. The van der Waals surface area contributed by atoms with Crippen molar-refractivity contribution >= 4 is 17.5 Å². The van der Waals surface area contributed by atoms with E-state index in [-0.39, 0.29) is 17.7 Å². The summed E-state index contributed by atoms with van der Waals surface area (Å²) in [4.78, 5) is 35.4. The van der Waals surface area contributed by atoms with Gasteiger partial charge in [0.05, 0.1) is 24.1 Å². The number of carbonyl (C=O) groups excluding carboxylic acids is 2. The Morgan fingerprint density at radius 3 is 2.82 bits per heavy atom. The molecule has 3 aromatic rings. The third-order valence-electron chi connectivity index (χ3n) is 4.90. The molecule has 1 atom stereocenters. The van der Waals surface area contributed by atoms with Gasteiger partial charge in [0.2, 0.25) is 5.91 Å². The van der Waals surface area contributed by atoms with E-state index in [1.54, 1.807) is 29.4 Å². The van der Waals surface area contributed by atoms with Gasteiger partial charge in [0.15, 0.2) is 5.76 Å². The minimum Gasteiger partial charge on any atom is -0.459 e. The predicted octanol–water partition coefficient (Wildman–Crippen LogP) is 2.66. The molecule has 0 bridgehead atoms. The van der Waals surface area contributed by atoms with Crippen molar-refractivity contribution in [2.24, 2.45) is 5.92 Å². The number of furan rings is 1. The molecule has 3 aromatic heterocycles. The van der Waals surface area contributed by atoms with Crippen LogP contribution in [-0.4, -0.2) is 44.3 Å². The number of carbonyl (C=O) groups is 2. The summed E-state index contributed by atoms with van der Waals surface area (Å²) in [6.45, 7) is 2.91. The maximum Gasteiger partial charge on any atom is 0.289 e. The Kier molecular flexibility index (Phi) is 4.92. The Bertz CT molecular complexity index is 962. The summed E-state index contributed by atoms with van der Waals surface area (Å²) < 4.78 is 7.05. The van der Waals surface area contributed by atoms with Gasteiger partial charge in [0, 0.05) is 25.5 Å². The number of likely N-dealkylation sites (tertiary alicyclic amines) is 1. The Balaban J connectivity index is 1.39. The first-order chi connectivity index (χ1) is 13.6. The number of nitrogens with zero attached hydrogens (tertiary/aromatic N) is 4. The lowest BCUT2D eigenvalue weighted by atomic mass is 9.97. The van der Waals surface area contributed by atoms with Crippen LogP contribution < -0.4 is 5.32 Å². The van der Waals surface area contributed by atoms with Gasteiger partial charge in [-0.05, 0) is 44.0 Å². The molecule has 1 fully saturated rings. The molecular formula is C20H21N5O3. The van der Waals surface area contributed by atoms with Gasteiger partial charge in [0.25, 0.3) is 5.91 Å². The van der Waals surface area contributed by atoms with Crippen molar-refractivity contribution in [3.05, 3.63) is 60.7 Å². The van der Waals surface area contributed by atoms with Crippen molar-refractivity contribution in [3.63, 3.8) is 0 Å². The summed E-state index contributed by atoms with van der Waals surface area (Å²) in [5, 5.41) is 2.91. The van der Waals surface area contributed by atoms with Gasteiger partial charge in [-0.15, -0.1) is 0 Å². The highest BCUT2D eigenvalue weighted by Crippen LogP contribution is 2.21. The largest absolute Gasteiger partial charge is 0.459 e. The van der Waals surface area contributed by atoms with Gasteiger partial charge >= 0.3 is 0 Å². The molecule has 1 aliphatic heterocycles. The molecule has 0 unspecified atom stereocenters. The highest BCUT2D eigenvalue weighted by atomic mass is 16.3. The molecule has 2 amide bonds. The highest BCUT2D eigenvalue weighted by molar-refractivity contribution is 5.94. The average Bonchev–Trinajstić information content (AvgIpc) is 3.40. The molecule has 1 aliphatic rings. The third kappa shape index (κ3) is 3.66. The number of anilines is 1. The molecule has 4 rings (SSSR count). The molecular weight excluding hydrogens is 358 g/mol. The summed E-state index contributed by atoms with van der Waals surface area (Å²) in [5.41, 5.74) is 0.626. The van der Waals surface area contributed by atoms with Crippen LogP contribution in [-0.2, 0) is 4.79 Å². The highest BCUT2D eigenvalue weighted by Gasteiger charge is 2.30. The van der Waals surface area contributed by atoms with Gasteiger partial charge in [-0.3, -0.25) is 14.2 Å². The van der Waals surface area contributed by atoms with Crippen LogP contribution in [0.2, 0.25) is 0 Å². The summed E-state index contributed by atoms with van der Waals surface area (Å²) in [5.74, 6) is 1.34. The van der Waals surface area contributed by atoms with E-state index in [1.807, 2.05) is 29.8 Å². The van der Waals surface area contributed by atoms with Gasteiger partial charge in [-0.1, -0.05) is 0 Å². The molecule has 0 radical (unpaired) electrons. The Morgan fingerprint density at radius 2 is 2.14 bits per heavy atom. The second kappa shape index (κ2) is 7.67. The maximum atomic E-state index is 12.7. The number of pyridine rings is 1. The van der Waals surface area contributed by atoms with E-state index in [0.29, 0.717) is 24.5 Å². The van der Waals surface area contributed by atoms with Crippen LogP contribution in [0.25, 0.3) is 5.82 Å².